The molecule has 9 heteroatoms. The third-order valence-electron chi connectivity index (χ3n) is 4.41. The Morgan fingerprint density at radius 1 is 0.467 bits per heavy atom. The van der Waals surface area contributed by atoms with Crippen molar-refractivity contribution in [2.75, 3.05) is 17.2 Å². The van der Waals surface area contributed by atoms with Crippen LogP contribution in [-0.4, -0.2) is 15.0 Å². The molecule has 4 aromatic rings. The number of aromatic nitrogens is 3. The topological polar surface area (TPSA) is 117 Å². The number of nitrogens with two attached hydrogens (primary N) is 3. The second-order valence-electron chi connectivity index (χ2n) is 6.52. The lowest BCUT2D eigenvalue weighted by Crippen LogP contribution is -2.02. The van der Waals surface area contributed by atoms with Gasteiger partial charge in [-0.25, -0.2) is 28.1 Å². The molecule has 0 radical (unpaired) electrons. The van der Waals surface area contributed by atoms with Gasteiger partial charge < -0.3 is 17.2 Å². The molecule has 0 spiro atoms. The molecule has 0 aliphatic carbocycles. The number of benzene rings is 3. The van der Waals surface area contributed by atoms with Gasteiger partial charge in [-0.15, -0.1) is 0 Å². The Hall–Kier alpha value is -4.14. The zero-order valence-corrected chi connectivity index (χ0v) is 15.4. The summed E-state index contributed by atoms with van der Waals surface area (Å²) in [5.74, 6) is -1.63. The number of halogens is 3. The van der Waals surface area contributed by atoms with E-state index < -0.39 is 17.5 Å². The number of nitrogen functional groups attached to an aromatic ring is 3. The number of hydrogen-bond donors (Lipinski definition) is 3. The number of hydrogen-bond acceptors (Lipinski definition) is 6. The summed E-state index contributed by atoms with van der Waals surface area (Å²) in [6.45, 7) is 0. The zero-order chi connectivity index (χ0) is 21.4. The van der Waals surface area contributed by atoms with E-state index >= 15 is 0 Å². The molecule has 0 saturated carbocycles. The van der Waals surface area contributed by atoms with Gasteiger partial charge in [-0.2, -0.15) is 0 Å². The van der Waals surface area contributed by atoms with E-state index in [1.54, 1.807) is 0 Å². The lowest BCUT2D eigenvalue weighted by Gasteiger charge is -2.10. The molecule has 0 saturated heterocycles. The van der Waals surface area contributed by atoms with Gasteiger partial charge >= 0.3 is 0 Å². The van der Waals surface area contributed by atoms with E-state index in [9.17, 15) is 13.2 Å². The van der Waals surface area contributed by atoms with Gasteiger partial charge in [0.2, 0.25) is 0 Å². The fourth-order valence-electron chi connectivity index (χ4n) is 2.76. The van der Waals surface area contributed by atoms with Crippen molar-refractivity contribution in [3.05, 3.63) is 72.0 Å². The van der Waals surface area contributed by atoms with Crippen molar-refractivity contribution in [2.24, 2.45) is 0 Å². The smallest absolute Gasteiger partial charge is 0.164 e. The lowest BCUT2D eigenvalue weighted by molar-refractivity contribution is 0.632. The van der Waals surface area contributed by atoms with Crippen LogP contribution in [-0.2, 0) is 0 Å². The highest BCUT2D eigenvalue weighted by Gasteiger charge is 2.15. The molecule has 30 heavy (non-hydrogen) atoms. The van der Waals surface area contributed by atoms with Crippen molar-refractivity contribution in [1.82, 2.24) is 15.0 Å². The summed E-state index contributed by atoms with van der Waals surface area (Å²) in [5.41, 5.74) is 17.5. The number of rotatable bonds is 3. The largest absolute Gasteiger partial charge is 0.396 e. The van der Waals surface area contributed by atoms with Crippen LogP contribution in [0.2, 0.25) is 0 Å². The zero-order valence-electron chi connectivity index (χ0n) is 15.4. The highest BCUT2D eigenvalue weighted by Crippen LogP contribution is 2.28. The monoisotopic (exact) mass is 408 g/mol. The van der Waals surface area contributed by atoms with E-state index in [0.717, 1.165) is 0 Å². The fourth-order valence-corrected chi connectivity index (χ4v) is 2.76. The van der Waals surface area contributed by atoms with Gasteiger partial charge in [0.1, 0.15) is 17.5 Å². The van der Waals surface area contributed by atoms with E-state index in [2.05, 4.69) is 15.0 Å². The number of nitrogens with zero attached hydrogens (tertiary/aromatic N) is 3. The quantitative estimate of drug-likeness (QED) is 0.441. The fraction of sp³-hybridized carbons (Fsp3) is 0. The van der Waals surface area contributed by atoms with E-state index in [1.165, 1.54) is 54.6 Å². The Morgan fingerprint density at radius 3 is 0.967 bits per heavy atom. The average molecular weight is 408 g/mol. The molecule has 0 fully saturated rings. The van der Waals surface area contributed by atoms with Gasteiger partial charge in [0.15, 0.2) is 17.5 Å². The molecule has 0 aliphatic rings. The van der Waals surface area contributed by atoms with Gasteiger partial charge in [-0.05, 0) is 54.6 Å². The molecular formula is C21H15F3N6. The third kappa shape index (κ3) is 3.60. The lowest BCUT2D eigenvalue weighted by atomic mass is 10.1. The van der Waals surface area contributed by atoms with Gasteiger partial charge in [-0.3, -0.25) is 0 Å². The van der Waals surface area contributed by atoms with Crippen molar-refractivity contribution in [3.63, 3.8) is 0 Å². The molecule has 6 nitrogen and oxygen atoms in total. The number of anilines is 3. The Morgan fingerprint density at radius 2 is 0.733 bits per heavy atom. The predicted octanol–water partition coefficient (Wildman–Crippen LogP) is 4.04. The summed E-state index contributed by atoms with van der Waals surface area (Å²) < 4.78 is 42.0. The predicted molar refractivity (Wildman–Crippen MR) is 109 cm³/mol. The molecule has 0 amide bonds. The van der Waals surface area contributed by atoms with Crippen LogP contribution in [0.15, 0.2) is 54.6 Å². The minimum atomic E-state index is -0.645. The molecule has 150 valence electrons. The van der Waals surface area contributed by atoms with Gasteiger partial charge in [-0.1, -0.05) is 0 Å². The van der Waals surface area contributed by atoms with Gasteiger partial charge in [0.05, 0.1) is 17.1 Å². The van der Waals surface area contributed by atoms with Gasteiger partial charge in [0.25, 0.3) is 0 Å². The van der Waals surface area contributed by atoms with Crippen molar-refractivity contribution in [3.8, 4) is 34.2 Å². The molecule has 0 atom stereocenters. The minimum absolute atomic E-state index is 0.0329. The van der Waals surface area contributed by atoms with Crippen molar-refractivity contribution in [2.45, 2.75) is 0 Å². The first-order chi connectivity index (χ1) is 14.3. The van der Waals surface area contributed by atoms with Crippen molar-refractivity contribution in [1.29, 1.82) is 0 Å². The molecule has 0 bridgehead atoms. The highest BCUT2D eigenvalue weighted by molar-refractivity contribution is 5.69. The second kappa shape index (κ2) is 7.36. The molecule has 0 aliphatic heterocycles. The SMILES string of the molecule is Nc1ccc(-c2nc(-c3ccc(N)c(F)c3)nc(-c3ccc(N)c(F)c3)n2)cc1F. The summed E-state index contributed by atoms with van der Waals surface area (Å²) in [7, 11) is 0. The average Bonchev–Trinajstić information content (AvgIpc) is 2.73. The minimum Gasteiger partial charge on any atom is -0.396 e. The summed E-state index contributed by atoms with van der Waals surface area (Å²) in [6.07, 6.45) is 0. The molecule has 4 rings (SSSR count). The summed E-state index contributed by atoms with van der Waals surface area (Å²) in [6, 6.07) is 12.2. The maximum atomic E-state index is 14.0. The van der Waals surface area contributed by atoms with Crippen molar-refractivity contribution >= 4 is 17.1 Å². The molecule has 1 aromatic heterocycles. The van der Waals surface area contributed by atoms with Crippen LogP contribution in [0.3, 0.4) is 0 Å². The van der Waals surface area contributed by atoms with Crippen LogP contribution in [0.1, 0.15) is 0 Å². The normalized spacial score (nSPS) is 10.9. The van der Waals surface area contributed by atoms with Gasteiger partial charge in [0, 0.05) is 16.7 Å². The first-order valence-corrected chi connectivity index (χ1v) is 8.74. The van der Waals surface area contributed by atoms with E-state index in [1.807, 2.05) is 0 Å². The Kier molecular flexibility index (Phi) is 4.71. The first kappa shape index (κ1) is 19.2. The van der Waals surface area contributed by atoms with Crippen molar-refractivity contribution < 1.29 is 13.2 Å². The van der Waals surface area contributed by atoms with Crippen LogP contribution in [0, 0.1) is 17.5 Å². The summed E-state index contributed by atoms with van der Waals surface area (Å²) >= 11 is 0. The molecule has 6 N–H and O–H groups in total. The van der Waals surface area contributed by atoms with Crippen LogP contribution in [0.25, 0.3) is 34.2 Å². The van der Waals surface area contributed by atoms with Crippen LogP contribution in [0.4, 0.5) is 30.2 Å². The summed E-state index contributed by atoms with van der Waals surface area (Å²) in [5, 5.41) is 0. The van der Waals surface area contributed by atoms with Crippen LogP contribution >= 0.6 is 0 Å². The molecule has 3 aromatic carbocycles. The first-order valence-electron chi connectivity index (χ1n) is 8.74. The van der Waals surface area contributed by atoms with E-state index in [0.29, 0.717) is 16.7 Å². The maximum absolute atomic E-state index is 14.0. The summed E-state index contributed by atoms with van der Waals surface area (Å²) in [4.78, 5) is 13.0. The Bertz CT molecular complexity index is 1110. The molecule has 1 heterocycles. The second-order valence-corrected chi connectivity index (χ2v) is 6.52. The molecule has 0 unspecified atom stereocenters. The Balaban J connectivity index is 1.94. The molecular weight excluding hydrogens is 393 g/mol. The van der Waals surface area contributed by atoms with E-state index in [4.69, 9.17) is 17.2 Å². The van der Waals surface area contributed by atoms with E-state index in [-0.39, 0.29) is 34.5 Å². The third-order valence-corrected chi connectivity index (χ3v) is 4.41. The Labute approximate surface area is 169 Å². The van der Waals surface area contributed by atoms with Crippen LogP contribution < -0.4 is 17.2 Å². The van der Waals surface area contributed by atoms with Crippen LogP contribution in [0.5, 0.6) is 0 Å². The standard InChI is InChI=1S/C21H15F3N6/c22-13-7-10(1-4-16(13)25)19-28-20(11-2-5-17(26)14(23)8-11)30-21(29-19)12-3-6-18(27)15(24)9-12/h1-9H,25-27H2. The highest BCUT2D eigenvalue weighted by atomic mass is 19.1. The maximum Gasteiger partial charge on any atom is 0.164 e.